The number of aldehydes is 1. The van der Waals surface area contributed by atoms with Gasteiger partial charge in [-0.15, -0.1) is 0 Å². The SMILES string of the molecule is Fc1ccccn1.O=CC1CCCCC1. The maximum atomic E-state index is 11.8. The first kappa shape index (κ1) is 11.8. The van der Waals surface area contributed by atoms with Gasteiger partial charge < -0.3 is 4.79 Å². The lowest BCUT2D eigenvalue weighted by atomic mass is 9.91. The lowest BCUT2D eigenvalue weighted by Crippen LogP contribution is -2.06. The van der Waals surface area contributed by atoms with Gasteiger partial charge in [0.15, 0.2) is 0 Å². The average molecular weight is 209 g/mol. The molecule has 0 radical (unpaired) electrons. The van der Waals surface area contributed by atoms with E-state index in [-0.39, 0.29) is 0 Å². The number of hydrogen-bond acceptors (Lipinski definition) is 2. The summed E-state index contributed by atoms with van der Waals surface area (Å²) in [7, 11) is 0. The Morgan fingerprint density at radius 1 is 1.27 bits per heavy atom. The Morgan fingerprint density at radius 3 is 2.33 bits per heavy atom. The van der Waals surface area contributed by atoms with Gasteiger partial charge >= 0.3 is 0 Å². The maximum Gasteiger partial charge on any atom is 0.212 e. The van der Waals surface area contributed by atoms with Crippen LogP contribution in [0.1, 0.15) is 32.1 Å². The highest BCUT2D eigenvalue weighted by Crippen LogP contribution is 2.21. The van der Waals surface area contributed by atoms with E-state index in [1.807, 2.05) is 0 Å². The second-order valence-corrected chi connectivity index (χ2v) is 3.69. The van der Waals surface area contributed by atoms with Crippen LogP contribution in [0.2, 0.25) is 0 Å². The van der Waals surface area contributed by atoms with Crippen LogP contribution < -0.4 is 0 Å². The Kier molecular flexibility index (Phi) is 5.59. The number of pyridine rings is 1. The van der Waals surface area contributed by atoms with E-state index in [4.69, 9.17) is 0 Å². The molecule has 15 heavy (non-hydrogen) atoms. The summed E-state index contributed by atoms with van der Waals surface area (Å²) in [6.07, 6.45) is 8.68. The van der Waals surface area contributed by atoms with Gasteiger partial charge in [0, 0.05) is 12.1 Å². The van der Waals surface area contributed by atoms with Crippen LogP contribution >= 0.6 is 0 Å². The third-order valence-electron chi connectivity index (χ3n) is 2.47. The Labute approximate surface area is 89.5 Å². The van der Waals surface area contributed by atoms with Crippen LogP contribution in [0.5, 0.6) is 0 Å². The maximum absolute atomic E-state index is 11.8. The van der Waals surface area contributed by atoms with Gasteiger partial charge in [-0.2, -0.15) is 4.39 Å². The highest BCUT2D eigenvalue weighted by atomic mass is 19.1. The van der Waals surface area contributed by atoms with Crippen LogP contribution in [0.4, 0.5) is 4.39 Å². The molecular weight excluding hydrogens is 193 g/mol. The van der Waals surface area contributed by atoms with Crippen molar-refractivity contribution in [3.05, 3.63) is 30.3 Å². The van der Waals surface area contributed by atoms with Gasteiger partial charge in [0.25, 0.3) is 0 Å². The largest absolute Gasteiger partial charge is 0.303 e. The molecule has 3 heteroatoms. The number of halogens is 1. The van der Waals surface area contributed by atoms with Crippen LogP contribution in [-0.4, -0.2) is 11.3 Å². The molecule has 1 saturated carbocycles. The molecule has 0 spiro atoms. The van der Waals surface area contributed by atoms with E-state index in [0.717, 1.165) is 19.1 Å². The fraction of sp³-hybridized carbons (Fsp3) is 0.500. The lowest BCUT2D eigenvalue weighted by molar-refractivity contribution is -0.111. The summed E-state index contributed by atoms with van der Waals surface area (Å²) < 4.78 is 11.8. The average Bonchev–Trinajstić information content (AvgIpc) is 2.32. The molecule has 0 aromatic carbocycles. The van der Waals surface area contributed by atoms with Crippen LogP contribution in [0, 0.1) is 11.9 Å². The van der Waals surface area contributed by atoms with Crippen molar-refractivity contribution < 1.29 is 9.18 Å². The minimum Gasteiger partial charge on any atom is -0.303 e. The molecule has 1 fully saturated rings. The smallest absolute Gasteiger partial charge is 0.212 e. The monoisotopic (exact) mass is 209 g/mol. The summed E-state index contributed by atoms with van der Waals surface area (Å²) in [5.74, 6) is -0.0220. The van der Waals surface area contributed by atoms with Crippen LogP contribution in [-0.2, 0) is 4.79 Å². The van der Waals surface area contributed by atoms with E-state index in [9.17, 15) is 9.18 Å². The van der Waals surface area contributed by atoms with Crippen molar-refractivity contribution in [1.82, 2.24) is 4.98 Å². The summed E-state index contributed by atoms with van der Waals surface area (Å²) >= 11 is 0. The summed E-state index contributed by atoms with van der Waals surface area (Å²) in [6, 6.07) is 4.57. The van der Waals surface area contributed by atoms with E-state index < -0.39 is 5.95 Å². The molecule has 0 atom stereocenters. The number of aromatic nitrogens is 1. The second kappa shape index (κ2) is 7.10. The number of hydrogen-bond donors (Lipinski definition) is 0. The van der Waals surface area contributed by atoms with E-state index in [0.29, 0.717) is 5.92 Å². The zero-order chi connectivity index (χ0) is 10.9. The Hall–Kier alpha value is -1.25. The van der Waals surface area contributed by atoms with Crippen molar-refractivity contribution in [3.63, 3.8) is 0 Å². The van der Waals surface area contributed by atoms with Crippen LogP contribution in [0.3, 0.4) is 0 Å². The summed E-state index contributed by atoms with van der Waals surface area (Å²) in [5, 5.41) is 0. The first-order chi connectivity index (χ1) is 7.33. The van der Waals surface area contributed by atoms with Crippen molar-refractivity contribution in [1.29, 1.82) is 0 Å². The van der Waals surface area contributed by atoms with Crippen molar-refractivity contribution in [3.8, 4) is 0 Å². The summed E-state index contributed by atoms with van der Waals surface area (Å²) in [5.41, 5.74) is 0. The van der Waals surface area contributed by atoms with Crippen LogP contribution in [0.15, 0.2) is 24.4 Å². The number of carbonyl (C=O) groups is 1. The van der Waals surface area contributed by atoms with Gasteiger partial charge in [-0.05, 0) is 25.0 Å². The molecule has 2 rings (SSSR count). The van der Waals surface area contributed by atoms with Gasteiger partial charge in [-0.3, -0.25) is 0 Å². The Balaban J connectivity index is 0.000000151. The molecule has 1 aliphatic carbocycles. The number of carbonyl (C=O) groups excluding carboxylic acids is 1. The van der Waals surface area contributed by atoms with E-state index in [2.05, 4.69) is 4.98 Å². The van der Waals surface area contributed by atoms with Crippen molar-refractivity contribution in [2.24, 2.45) is 5.92 Å². The fourth-order valence-electron chi connectivity index (χ4n) is 1.61. The minimum atomic E-state index is -0.428. The molecule has 1 heterocycles. The molecule has 0 N–H and O–H groups in total. The first-order valence-corrected chi connectivity index (χ1v) is 5.34. The van der Waals surface area contributed by atoms with E-state index in [1.165, 1.54) is 31.5 Å². The summed E-state index contributed by atoms with van der Waals surface area (Å²) in [6.45, 7) is 0. The molecule has 0 bridgehead atoms. The fourth-order valence-corrected chi connectivity index (χ4v) is 1.61. The standard InChI is InChI=1S/C7H12O.C5H4FN/c8-6-7-4-2-1-3-5-7;6-5-3-1-2-4-7-5/h6-7H,1-5H2;1-4H. The topological polar surface area (TPSA) is 30.0 Å². The highest BCUT2D eigenvalue weighted by Gasteiger charge is 2.10. The zero-order valence-electron chi connectivity index (χ0n) is 8.73. The quantitative estimate of drug-likeness (QED) is 0.525. The van der Waals surface area contributed by atoms with Gasteiger partial charge in [0.1, 0.15) is 6.29 Å². The Bertz CT molecular complexity index is 270. The van der Waals surface area contributed by atoms with Crippen molar-refractivity contribution in [2.75, 3.05) is 0 Å². The molecule has 1 aromatic heterocycles. The van der Waals surface area contributed by atoms with Crippen molar-refractivity contribution in [2.45, 2.75) is 32.1 Å². The lowest BCUT2D eigenvalue weighted by Gasteiger charge is -2.14. The Morgan fingerprint density at radius 2 is 2.00 bits per heavy atom. The van der Waals surface area contributed by atoms with Crippen molar-refractivity contribution >= 4 is 6.29 Å². The molecule has 0 unspecified atom stereocenters. The summed E-state index contributed by atoms with van der Waals surface area (Å²) in [4.78, 5) is 13.5. The molecule has 0 saturated heterocycles. The third kappa shape index (κ3) is 5.25. The normalized spacial score (nSPS) is 16.3. The zero-order valence-corrected chi connectivity index (χ0v) is 8.73. The van der Waals surface area contributed by atoms with E-state index >= 15 is 0 Å². The van der Waals surface area contributed by atoms with Gasteiger partial charge in [-0.1, -0.05) is 25.3 Å². The molecule has 1 aliphatic rings. The second-order valence-electron chi connectivity index (χ2n) is 3.69. The molecule has 2 nitrogen and oxygen atoms in total. The number of nitrogens with zero attached hydrogens (tertiary/aromatic N) is 1. The van der Waals surface area contributed by atoms with E-state index in [1.54, 1.807) is 12.1 Å². The molecule has 0 aliphatic heterocycles. The minimum absolute atomic E-state index is 0.406. The predicted octanol–water partition coefficient (Wildman–Crippen LogP) is 2.99. The molecule has 1 aromatic rings. The third-order valence-corrected chi connectivity index (χ3v) is 2.47. The molecule has 82 valence electrons. The van der Waals surface area contributed by atoms with Gasteiger partial charge in [0.05, 0.1) is 0 Å². The van der Waals surface area contributed by atoms with Gasteiger partial charge in [0.2, 0.25) is 5.95 Å². The highest BCUT2D eigenvalue weighted by molar-refractivity contribution is 5.53. The molecule has 0 amide bonds. The predicted molar refractivity (Wildman–Crippen MR) is 56.8 cm³/mol. The number of rotatable bonds is 1. The van der Waals surface area contributed by atoms with Crippen LogP contribution in [0.25, 0.3) is 0 Å². The molecular formula is C12H16FNO. The van der Waals surface area contributed by atoms with Gasteiger partial charge in [-0.25, -0.2) is 4.98 Å². The first-order valence-electron chi connectivity index (χ1n) is 5.34.